The van der Waals surface area contributed by atoms with E-state index in [4.69, 9.17) is 0 Å². The molecule has 0 N–H and O–H groups in total. The topological polar surface area (TPSA) is 0 Å². The van der Waals surface area contributed by atoms with Crippen LogP contribution in [0.2, 0.25) is 0 Å². The molecule has 0 aliphatic rings. The summed E-state index contributed by atoms with van der Waals surface area (Å²) in [5.74, 6) is 2.73. The maximum Gasteiger partial charge on any atom is -0.00644 e. The van der Waals surface area contributed by atoms with E-state index in [1.54, 1.807) is 0 Å². The summed E-state index contributed by atoms with van der Waals surface area (Å²) >= 11 is 1.94. The predicted molar refractivity (Wildman–Crippen MR) is 67.0 cm³/mol. The molecule has 1 heteroatoms. The third-order valence-corrected chi connectivity index (χ3v) is 3.31. The first kappa shape index (κ1) is 11.6. The summed E-state index contributed by atoms with van der Waals surface area (Å²) in [5, 5.41) is 0. The van der Waals surface area contributed by atoms with Crippen molar-refractivity contribution in [1.29, 1.82) is 0 Å². The van der Waals surface area contributed by atoms with Crippen LogP contribution in [0.25, 0.3) is 0 Å². The van der Waals surface area contributed by atoms with Gasteiger partial charge in [-0.25, -0.2) is 0 Å². The van der Waals surface area contributed by atoms with Crippen molar-refractivity contribution in [3.05, 3.63) is 35.9 Å². The second kappa shape index (κ2) is 6.13. The Hall–Kier alpha value is -0.430. The average Bonchev–Trinajstić information content (AvgIpc) is 2.19. The molecule has 0 heterocycles. The van der Waals surface area contributed by atoms with Gasteiger partial charge in [-0.15, -0.1) is 0 Å². The van der Waals surface area contributed by atoms with Gasteiger partial charge < -0.3 is 0 Å². The van der Waals surface area contributed by atoms with Crippen molar-refractivity contribution in [1.82, 2.24) is 0 Å². The van der Waals surface area contributed by atoms with Crippen molar-refractivity contribution < 1.29 is 0 Å². The van der Waals surface area contributed by atoms with Gasteiger partial charge in [-0.2, -0.15) is 11.8 Å². The smallest absolute Gasteiger partial charge is 0.00644 e. The minimum atomic E-state index is 0.726. The van der Waals surface area contributed by atoms with Crippen LogP contribution in [-0.2, 0) is 0 Å². The number of benzene rings is 1. The molecule has 0 aromatic heterocycles. The van der Waals surface area contributed by atoms with Crippen molar-refractivity contribution >= 4 is 11.8 Å². The standard InChI is InChI=1S/C13H20S/c1-11(2)13(9-10-14-3)12-7-5-4-6-8-12/h4-8,11,13H,9-10H2,1-3H3. The molecular weight excluding hydrogens is 188 g/mol. The molecule has 1 aromatic rings. The van der Waals surface area contributed by atoms with Crippen LogP contribution in [0.5, 0.6) is 0 Å². The third kappa shape index (κ3) is 3.38. The first-order valence-electron chi connectivity index (χ1n) is 5.29. The molecule has 78 valence electrons. The van der Waals surface area contributed by atoms with Crippen LogP contribution in [0.3, 0.4) is 0 Å². The summed E-state index contributed by atoms with van der Waals surface area (Å²) < 4.78 is 0. The fourth-order valence-electron chi connectivity index (χ4n) is 1.83. The summed E-state index contributed by atoms with van der Waals surface area (Å²) in [6, 6.07) is 10.9. The molecule has 0 saturated heterocycles. The highest BCUT2D eigenvalue weighted by Crippen LogP contribution is 2.28. The molecule has 1 aromatic carbocycles. The monoisotopic (exact) mass is 208 g/mol. The van der Waals surface area contributed by atoms with Crippen molar-refractivity contribution in [2.45, 2.75) is 26.2 Å². The molecule has 0 spiro atoms. The Bertz CT molecular complexity index is 241. The van der Waals surface area contributed by atoms with Gasteiger partial charge in [0.15, 0.2) is 0 Å². The van der Waals surface area contributed by atoms with Crippen LogP contribution < -0.4 is 0 Å². The van der Waals surface area contributed by atoms with E-state index in [0.29, 0.717) is 0 Å². The highest BCUT2D eigenvalue weighted by atomic mass is 32.2. The summed E-state index contributed by atoms with van der Waals surface area (Å²) in [6.07, 6.45) is 3.48. The number of rotatable bonds is 5. The van der Waals surface area contributed by atoms with E-state index in [1.807, 2.05) is 11.8 Å². The Morgan fingerprint density at radius 1 is 1.14 bits per heavy atom. The highest BCUT2D eigenvalue weighted by Gasteiger charge is 2.14. The van der Waals surface area contributed by atoms with Crippen molar-refractivity contribution in [2.24, 2.45) is 5.92 Å². The van der Waals surface area contributed by atoms with Crippen LogP contribution >= 0.6 is 11.8 Å². The minimum absolute atomic E-state index is 0.726. The van der Waals surface area contributed by atoms with E-state index in [-0.39, 0.29) is 0 Å². The fourth-order valence-corrected chi connectivity index (χ4v) is 2.32. The SMILES string of the molecule is CSCCC(c1ccccc1)C(C)C. The lowest BCUT2D eigenvalue weighted by atomic mass is 9.86. The van der Waals surface area contributed by atoms with Gasteiger partial charge in [0.1, 0.15) is 0 Å². The second-order valence-electron chi connectivity index (χ2n) is 4.04. The lowest BCUT2D eigenvalue weighted by Gasteiger charge is -2.20. The van der Waals surface area contributed by atoms with Gasteiger partial charge in [0.05, 0.1) is 0 Å². The molecule has 0 aliphatic heterocycles. The molecule has 0 radical (unpaired) electrons. The molecule has 0 nitrogen and oxygen atoms in total. The first-order valence-corrected chi connectivity index (χ1v) is 6.69. The van der Waals surface area contributed by atoms with Crippen LogP contribution in [-0.4, -0.2) is 12.0 Å². The second-order valence-corrected chi connectivity index (χ2v) is 5.03. The molecular formula is C13H20S. The van der Waals surface area contributed by atoms with Gasteiger partial charge >= 0.3 is 0 Å². The van der Waals surface area contributed by atoms with Gasteiger partial charge in [-0.1, -0.05) is 44.2 Å². The summed E-state index contributed by atoms with van der Waals surface area (Å²) in [7, 11) is 0. The van der Waals surface area contributed by atoms with Crippen LogP contribution in [0, 0.1) is 5.92 Å². The maximum absolute atomic E-state index is 2.32. The Morgan fingerprint density at radius 3 is 2.29 bits per heavy atom. The fraction of sp³-hybridized carbons (Fsp3) is 0.538. The van der Waals surface area contributed by atoms with Gasteiger partial charge in [-0.05, 0) is 35.8 Å². The van der Waals surface area contributed by atoms with Crippen molar-refractivity contribution in [3.8, 4) is 0 Å². The normalized spacial score (nSPS) is 13.1. The Morgan fingerprint density at radius 2 is 1.79 bits per heavy atom. The third-order valence-electron chi connectivity index (χ3n) is 2.67. The lowest BCUT2D eigenvalue weighted by molar-refractivity contribution is 0.488. The molecule has 0 saturated carbocycles. The summed E-state index contributed by atoms with van der Waals surface area (Å²) in [5.41, 5.74) is 1.50. The number of hydrogen-bond donors (Lipinski definition) is 0. The zero-order chi connectivity index (χ0) is 10.4. The highest BCUT2D eigenvalue weighted by molar-refractivity contribution is 7.98. The van der Waals surface area contributed by atoms with E-state index in [0.717, 1.165) is 11.8 Å². The van der Waals surface area contributed by atoms with E-state index in [1.165, 1.54) is 17.7 Å². The molecule has 0 fully saturated rings. The molecule has 0 aliphatic carbocycles. The van der Waals surface area contributed by atoms with Crippen molar-refractivity contribution in [2.75, 3.05) is 12.0 Å². The Kier molecular flexibility index (Phi) is 5.10. The zero-order valence-corrected chi connectivity index (χ0v) is 10.2. The largest absolute Gasteiger partial charge is 0.165 e. The Balaban J connectivity index is 2.68. The summed E-state index contributed by atoms with van der Waals surface area (Å²) in [6.45, 7) is 4.63. The van der Waals surface area contributed by atoms with Crippen molar-refractivity contribution in [3.63, 3.8) is 0 Å². The maximum atomic E-state index is 2.32. The molecule has 1 rings (SSSR count). The molecule has 1 atom stereocenters. The van der Waals surface area contributed by atoms with Crippen LogP contribution in [0.4, 0.5) is 0 Å². The number of thioether (sulfide) groups is 1. The van der Waals surface area contributed by atoms with Crippen LogP contribution in [0.1, 0.15) is 31.7 Å². The first-order chi connectivity index (χ1) is 6.75. The molecule has 0 amide bonds. The van der Waals surface area contributed by atoms with E-state index in [9.17, 15) is 0 Å². The van der Waals surface area contributed by atoms with Gasteiger partial charge in [0.25, 0.3) is 0 Å². The minimum Gasteiger partial charge on any atom is -0.165 e. The summed E-state index contributed by atoms with van der Waals surface area (Å²) in [4.78, 5) is 0. The molecule has 1 unspecified atom stereocenters. The van der Waals surface area contributed by atoms with Crippen LogP contribution in [0.15, 0.2) is 30.3 Å². The number of hydrogen-bond acceptors (Lipinski definition) is 1. The van der Waals surface area contributed by atoms with E-state index < -0.39 is 0 Å². The Labute approximate surface area is 92.1 Å². The average molecular weight is 208 g/mol. The van der Waals surface area contributed by atoms with Gasteiger partial charge in [-0.3, -0.25) is 0 Å². The molecule has 0 bridgehead atoms. The predicted octanol–water partition coefficient (Wildman–Crippen LogP) is 4.18. The van der Waals surface area contributed by atoms with Gasteiger partial charge in [0, 0.05) is 0 Å². The van der Waals surface area contributed by atoms with Gasteiger partial charge in [0.2, 0.25) is 0 Å². The molecule has 14 heavy (non-hydrogen) atoms. The van der Waals surface area contributed by atoms with E-state index in [2.05, 4.69) is 50.4 Å². The lowest BCUT2D eigenvalue weighted by Crippen LogP contribution is -2.07. The quantitative estimate of drug-likeness (QED) is 0.699. The zero-order valence-electron chi connectivity index (χ0n) is 9.36. The van der Waals surface area contributed by atoms with E-state index >= 15 is 0 Å².